The molecule has 3 saturated carbocycles. The van der Waals surface area contributed by atoms with E-state index in [0.29, 0.717) is 23.7 Å². The van der Waals surface area contributed by atoms with Crippen molar-refractivity contribution in [1.29, 1.82) is 0 Å². The molecule has 0 amide bonds. The molecule has 0 spiro atoms. The first-order valence-corrected chi connectivity index (χ1v) is 12.0. The number of carboxylic acid groups (broad SMARTS) is 1. The summed E-state index contributed by atoms with van der Waals surface area (Å²) < 4.78 is 0. The average Bonchev–Trinajstić information content (AvgIpc) is 3.11. The molecule has 0 aliphatic heterocycles. The molecule has 0 bridgehead atoms. The summed E-state index contributed by atoms with van der Waals surface area (Å²) in [5.41, 5.74) is 0.0840. The summed E-state index contributed by atoms with van der Waals surface area (Å²) in [5.74, 6) is 1.17. The third-order valence-electron chi connectivity index (χ3n) is 8.91. The standard InChI is InChI=1S/C24H42O5/c1-3-18(25)14-20-23(16-8-7-15(11-16)5-4-6-22(28)29)21(27)13-17-12-19(26)9-10-24(17,20)2/h15-21,23,25-27H,3-14H2,1-2H3,(H,28,29)/t15-,16+,17-,18+,19+,20-,21+,23-,24-/m0/s1. The van der Waals surface area contributed by atoms with Crippen LogP contribution in [0.5, 0.6) is 0 Å². The number of rotatable bonds is 8. The van der Waals surface area contributed by atoms with Gasteiger partial charge in [0.25, 0.3) is 0 Å². The van der Waals surface area contributed by atoms with Crippen LogP contribution in [0.1, 0.15) is 90.9 Å². The van der Waals surface area contributed by atoms with Crippen LogP contribution < -0.4 is 0 Å². The fourth-order valence-electron chi connectivity index (χ4n) is 7.20. The number of hydrogen-bond donors (Lipinski definition) is 4. The van der Waals surface area contributed by atoms with Crippen molar-refractivity contribution in [3.63, 3.8) is 0 Å². The molecule has 3 aliphatic rings. The summed E-state index contributed by atoms with van der Waals surface area (Å²) in [4.78, 5) is 10.8. The zero-order valence-electron chi connectivity index (χ0n) is 18.3. The fourth-order valence-corrected chi connectivity index (χ4v) is 7.20. The third kappa shape index (κ3) is 5.16. The Hall–Kier alpha value is -0.650. The lowest BCUT2D eigenvalue weighted by Crippen LogP contribution is -2.55. The number of aliphatic hydroxyl groups excluding tert-OH is 3. The Morgan fingerprint density at radius 1 is 1.14 bits per heavy atom. The highest BCUT2D eigenvalue weighted by molar-refractivity contribution is 5.66. The maximum absolute atomic E-state index is 11.2. The second-order valence-electron chi connectivity index (χ2n) is 10.6. The monoisotopic (exact) mass is 410 g/mol. The molecule has 5 nitrogen and oxygen atoms in total. The van der Waals surface area contributed by atoms with E-state index in [1.165, 1.54) is 0 Å². The normalized spacial score (nSPS) is 43.7. The zero-order chi connectivity index (χ0) is 21.2. The molecule has 3 aliphatic carbocycles. The van der Waals surface area contributed by atoms with Crippen LogP contribution in [0.25, 0.3) is 0 Å². The number of carboxylic acids is 1. The van der Waals surface area contributed by atoms with E-state index in [0.717, 1.165) is 70.6 Å². The summed E-state index contributed by atoms with van der Waals surface area (Å²) in [5, 5.41) is 40.9. The number of aliphatic carboxylic acids is 1. The van der Waals surface area contributed by atoms with E-state index < -0.39 is 5.97 Å². The highest BCUT2D eigenvalue weighted by Gasteiger charge is 2.55. The third-order valence-corrected chi connectivity index (χ3v) is 8.91. The van der Waals surface area contributed by atoms with Crippen molar-refractivity contribution in [1.82, 2.24) is 0 Å². The highest BCUT2D eigenvalue weighted by Crippen LogP contribution is 2.60. The van der Waals surface area contributed by atoms with E-state index in [2.05, 4.69) is 6.92 Å². The van der Waals surface area contributed by atoms with Gasteiger partial charge in [0.15, 0.2) is 0 Å². The van der Waals surface area contributed by atoms with E-state index in [1.54, 1.807) is 0 Å². The van der Waals surface area contributed by atoms with Crippen molar-refractivity contribution >= 4 is 5.97 Å². The van der Waals surface area contributed by atoms with Gasteiger partial charge in [-0.15, -0.1) is 0 Å². The molecule has 9 atom stereocenters. The fraction of sp³-hybridized carbons (Fsp3) is 0.958. The van der Waals surface area contributed by atoms with Gasteiger partial charge in [0.05, 0.1) is 18.3 Å². The van der Waals surface area contributed by atoms with Crippen LogP contribution in [0, 0.1) is 35.0 Å². The maximum Gasteiger partial charge on any atom is 0.303 e. The number of carbonyl (C=O) groups is 1. The predicted molar refractivity (Wildman–Crippen MR) is 112 cm³/mol. The summed E-state index contributed by atoms with van der Waals surface area (Å²) in [6.45, 7) is 4.38. The SMILES string of the molecule is CC[C@@H](O)C[C@H]1[C@H]([C@@H]2CC[C@H](CCCC(=O)O)C2)[C@H](O)C[C@@H]2C[C@H](O)CC[C@@]21C. The molecule has 0 aromatic heterocycles. The van der Waals surface area contributed by atoms with Gasteiger partial charge in [-0.1, -0.05) is 20.3 Å². The topological polar surface area (TPSA) is 98.0 Å². The number of hydrogen-bond acceptors (Lipinski definition) is 4. The lowest BCUT2D eigenvalue weighted by atomic mass is 9.48. The van der Waals surface area contributed by atoms with E-state index in [9.17, 15) is 20.1 Å². The lowest BCUT2D eigenvalue weighted by Gasteiger charge is -2.58. The van der Waals surface area contributed by atoms with Crippen molar-refractivity contribution in [3.8, 4) is 0 Å². The first-order valence-electron chi connectivity index (χ1n) is 12.0. The van der Waals surface area contributed by atoms with E-state index in [1.807, 2.05) is 6.92 Å². The van der Waals surface area contributed by atoms with E-state index >= 15 is 0 Å². The molecule has 0 heterocycles. The molecule has 4 N–H and O–H groups in total. The van der Waals surface area contributed by atoms with Crippen molar-refractivity contribution in [2.45, 2.75) is 109 Å². The minimum atomic E-state index is -0.714. The zero-order valence-corrected chi connectivity index (χ0v) is 18.3. The molecule has 3 rings (SSSR count). The molecule has 0 unspecified atom stereocenters. The molecule has 3 fully saturated rings. The second kappa shape index (κ2) is 9.65. The molecule has 0 aromatic rings. The molecule has 0 aromatic carbocycles. The van der Waals surface area contributed by atoms with Gasteiger partial charge < -0.3 is 20.4 Å². The average molecular weight is 411 g/mol. The number of aliphatic hydroxyl groups is 3. The quantitative estimate of drug-likeness (QED) is 0.485. The van der Waals surface area contributed by atoms with Crippen molar-refractivity contribution in [2.24, 2.45) is 35.0 Å². The van der Waals surface area contributed by atoms with Crippen molar-refractivity contribution in [3.05, 3.63) is 0 Å². The molecule has 0 saturated heterocycles. The second-order valence-corrected chi connectivity index (χ2v) is 10.6. The Bertz CT molecular complexity index is 551. The van der Waals surface area contributed by atoms with Crippen molar-refractivity contribution in [2.75, 3.05) is 0 Å². The van der Waals surface area contributed by atoms with Crippen LogP contribution in [-0.2, 0) is 4.79 Å². The highest BCUT2D eigenvalue weighted by atomic mass is 16.4. The van der Waals surface area contributed by atoms with Crippen LogP contribution in [0.2, 0.25) is 0 Å². The van der Waals surface area contributed by atoms with Crippen LogP contribution in [0.4, 0.5) is 0 Å². The Morgan fingerprint density at radius 2 is 1.90 bits per heavy atom. The van der Waals surface area contributed by atoms with Crippen LogP contribution >= 0.6 is 0 Å². The van der Waals surface area contributed by atoms with Crippen LogP contribution in [0.15, 0.2) is 0 Å². The first kappa shape index (κ1) is 23.0. The molecule has 0 radical (unpaired) electrons. The molecular formula is C24H42O5. The van der Waals surface area contributed by atoms with Gasteiger partial charge in [0.1, 0.15) is 0 Å². The number of fused-ring (bicyclic) bond motifs is 1. The first-order chi connectivity index (χ1) is 13.7. The summed E-state index contributed by atoms with van der Waals surface area (Å²) in [6.07, 6.45) is 9.23. The largest absolute Gasteiger partial charge is 0.481 e. The summed E-state index contributed by atoms with van der Waals surface area (Å²) >= 11 is 0. The Balaban J connectivity index is 1.74. The molecule has 168 valence electrons. The Labute approximate surface area is 175 Å². The van der Waals surface area contributed by atoms with Gasteiger partial charge in [0.2, 0.25) is 0 Å². The van der Waals surface area contributed by atoms with Gasteiger partial charge in [-0.25, -0.2) is 0 Å². The van der Waals surface area contributed by atoms with Gasteiger partial charge in [-0.3, -0.25) is 4.79 Å². The van der Waals surface area contributed by atoms with Gasteiger partial charge in [0, 0.05) is 6.42 Å². The molecule has 5 heteroatoms. The van der Waals surface area contributed by atoms with Crippen LogP contribution in [-0.4, -0.2) is 44.7 Å². The van der Waals surface area contributed by atoms with E-state index in [-0.39, 0.29) is 36.1 Å². The Kier molecular flexibility index (Phi) is 7.66. The van der Waals surface area contributed by atoms with Gasteiger partial charge in [-0.05, 0) is 99.2 Å². The van der Waals surface area contributed by atoms with Gasteiger partial charge >= 0.3 is 5.97 Å². The van der Waals surface area contributed by atoms with Crippen molar-refractivity contribution < 1.29 is 25.2 Å². The van der Waals surface area contributed by atoms with E-state index in [4.69, 9.17) is 5.11 Å². The summed E-state index contributed by atoms with van der Waals surface area (Å²) in [6, 6.07) is 0. The smallest absolute Gasteiger partial charge is 0.303 e. The van der Waals surface area contributed by atoms with Gasteiger partial charge in [-0.2, -0.15) is 0 Å². The molecular weight excluding hydrogens is 368 g/mol. The lowest BCUT2D eigenvalue weighted by molar-refractivity contribution is -0.145. The van der Waals surface area contributed by atoms with Crippen LogP contribution in [0.3, 0.4) is 0 Å². The maximum atomic E-state index is 11.2. The minimum Gasteiger partial charge on any atom is -0.481 e. The predicted octanol–water partition coefficient (Wildman–Crippen LogP) is 3.98. The Morgan fingerprint density at radius 3 is 2.59 bits per heavy atom. The summed E-state index contributed by atoms with van der Waals surface area (Å²) in [7, 11) is 0. The minimum absolute atomic E-state index is 0.0840. The molecule has 29 heavy (non-hydrogen) atoms.